The lowest BCUT2D eigenvalue weighted by molar-refractivity contribution is -0.152. The van der Waals surface area contributed by atoms with E-state index in [0.29, 0.717) is 24.5 Å². The lowest BCUT2D eigenvalue weighted by atomic mass is 10.0. The van der Waals surface area contributed by atoms with Crippen molar-refractivity contribution >= 4 is 28.6 Å². The molecule has 4 heterocycles. The van der Waals surface area contributed by atoms with E-state index >= 15 is 0 Å². The SMILES string of the molecule is Cc1nc2cnc(Nc3ccnc(N4CCCCC4C(F)(F)F)n3)cc2n1C(C)C. The van der Waals surface area contributed by atoms with E-state index in [-0.39, 0.29) is 25.0 Å². The van der Waals surface area contributed by atoms with E-state index in [1.807, 2.05) is 13.0 Å². The van der Waals surface area contributed by atoms with Crippen LogP contribution in [0, 0.1) is 6.92 Å². The van der Waals surface area contributed by atoms with Gasteiger partial charge in [-0.25, -0.2) is 15.0 Å². The monoisotopic (exact) mass is 419 g/mol. The number of aryl methyl sites for hydroxylation is 1. The molecular weight excluding hydrogens is 395 g/mol. The summed E-state index contributed by atoms with van der Waals surface area (Å²) >= 11 is 0. The fourth-order valence-electron chi connectivity index (χ4n) is 4.04. The summed E-state index contributed by atoms with van der Waals surface area (Å²) in [5, 5.41) is 3.09. The van der Waals surface area contributed by atoms with Crippen molar-refractivity contribution in [3.63, 3.8) is 0 Å². The number of piperidine rings is 1. The molecule has 0 spiro atoms. The van der Waals surface area contributed by atoms with Crippen molar-refractivity contribution in [2.75, 3.05) is 16.8 Å². The molecule has 1 saturated heterocycles. The third-order valence-corrected chi connectivity index (χ3v) is 5.31. The van der Waals surface area contributed by atoms with E-state index in [2.05, 4.69) is 43.7 Å². The molecule has 1 N–H and O–H groups in total. The number of nitrogens with zero attached hydrogens (tertiary/aromatic N) is 6. The Morgan fingerprint density at radius 3 is 2.67 bits per heavy atom. The molecule has 3 aromatic heterocycles. The van der Waals surface area contributed by atoms with Crippen LogP contribution in [0.2, 0.25) is 0 Å². The normalized spacial score (nSPS) is 17.7. The van der Waals surface area contributed by atoms with Crippen LogP contribution in [-0.4, -0.2) is 43.3 Å². The van der Waals surface area contributed by atoms with Crippen LogP contribution in [0.25, 0.3) is 11.0 Å². The van der Waals surface area contributed by atoms with Crippen LogP contribution in [0.1, 0.15) is 45.0 Å². The smallest absolute Gasteiger partial charge is 0.329 e. The molecule has 0 aromatic carbocycles. The molecule has 4 rings (SSSR count). The summed E-state index contributed by atoms with van der Waals surface area (Å²) in [6.07, 6.45) is 0.119. The van der Waals surface area contributed by atoms with E-state index in [1.54, 1.807) is 12.3 Å². The Balaban J connectivity index is 1.63. The highest BCUT2D eigenvalue weighted by atomic mass is 19.4. The average molecular weight is 419 g/mol. The first kappa shape index (κ1) is 20.4. The Morgan fingerprint density at radius 2 is 1.93 bits per heavy atom. The Bertz CT molecular complexity index is 1040. The first-order valence-electron chi connectivity index (χ1n) is 10.0. The molecule has 160 valence electrons. The summed E-state index contributed by atoms with van der Waals surface area (Å²) in [5.74, 6) is 1.91. The van der Waals surface area contributed by atoms with Crippen molar-refractivity contribution in [3.05, 3.63) is 30.4 Å². The first-order valence-corrected chi connectivity index (χ1v) is 10.0. The van der Waals surface area contributed by atoms with Gasteiger partial charge in [-0.05, 0) is 46.1 Å². The second kappa shape index (κ2) is 7.73. The summed E-state index contributed by atoms with van der Waals surface area (Å²) in [6.45, 7) is 6.38. The van der Waals surface area contributed by atoms with E-state index in [9.17, 15) is 13.2 Å². The fourth-order valence-corrected chi connectivity index (χ4v) is 4.04. The molecule has 1 aliphatic rings. The lowest BCUT2D eigenvalue weighted by Gasteiger charge is -2.36. The van der Waals surface area contributed by atoms with Crippen molar-refractivity contribution in [1.29, 1.82) is 0 Å². The predicted molar refractivity (Wildman–Crippen MR) is 109 cm³/mol. The summed E-state index contributed by atoms with van der Waals surface area (Å²) < 4.78 is 42.4. The second-order valence-corrected chi connectivity index (χ2v) is 7.79. The number of aromatic nitrogens is 5. The summed E-state index contributed by atoms with van der Waals surface area (Å²) in [4.78, 5) is 18.6. The molecule has 1 atom stereocenters. The molecule has 0 bridgehead atoms. The van der Waals surface area contributed by atoms with Crippen LogP contribution in [0.5, 0.6) is 0 Å². The van der Waals surface area contributed by atoms with Gasteiger partial charge in [-0.15, -0.1) is 0 Å². The minimum atomic E-state index is -4.31. The van der Waals surface area contributed by atoms with Gasteiger partial charge in [-0.1, -0.05) is 0 Å². The predicted octanol–water partition coefficient (Wildman–Crippen LogP) is 4.78. The molecule has 10 heteroatoms. The van der Waals surface area contributed by atoms with E-state index < -0.39 is 12.2 Å². The van der Waals surface area contributed by atoms with Crippen molar-refractivity contribution in [3.8, 4) is 0 Å². The number of rotatable bonds is 4. The molecule has 7 nitrogen and oxygen atoms in total. The van der Waals surface area contributed by atoms with Gasteiger partial charge in [0.05, 0.1) is 11.7 Å². The fraction of sp³-hybridized carbons (Fsp3) is 0.500. The average Bonchev–Trinajstić information content (AvgIpc) is 3.03. The van der Waals surface area contributed by atoms with Gasteiger partial charge in [-0.2, -0.15) is 18.2 Å². The highest BCUT2D eigenvalue weighted by Gasteiger charge is 2.45. The number of hydrogen-bond acceptors (Lipinski definition) is 6. The number of pyridine rings is 1. The van der Waals surface area contributed by atoms with E-state index in [0.717, 1.165) is 16.9 Å². The zero-order valence-corrected chi connectivity index (χ0v) is 17.1. The largest absolute Gasteiger partial charge is 0.408 e. The maximum absolute atomic E-state index is 13.4. The molecule has 1 unspecified atom stereocenters. The van der Waals surface area contributed by atoms with Crippen molar-refractivity contribution in [1.82, 2.24) is 24.5 Å². The number of imidazole rings is 1. The molecule has 0 saturated carbocycles. The summed E-state index contributed by atoms with van der Waals surface area (Å²) in [5.41, 5.74) is 1.72. The third kappa shape index (κ3) is 3.90. The third-order valence-electron chi connectivity index (χ3n) is 5.31. The zero-order chi connectivity index (χ0) is 21.5. The summed E-state index contributed by atoms with van der Waals surface area (Å²) in [7, 11) is 0. The first-order chi connectivity index (χ1) is 14.2. The van der Waals surface area contributed by atoms with Gasteiger partial charge in [-0.3, -0.25) is 0 Å². The second-order valence-electron chi connectivity index (χ2n) is 7.79. The van der Waals surface area contributed by atoms with Crippen LogP contribution in [0.4, 0.5) is 30.8 Å². The van der Waals surface area contributed by atoms with Gasteiger partial charge in [0, 0.05) is 24.8 Å². The lowest BCUT2D eigenvalue weighted by Crippen LogP contribution is -2.49. The molecule has 30 heavy (non-hydrogen) atoms. The Hall–Kier alpha value is -2.91. The number of alkyl halides is 3. The minimum Gasteiger partial charge on any atom is -0.329 e. The highest BCUT2D eigenvalue weighted by molar-refractivity contribution is 5.79. The standard InChI is InChI=1S/C20H24F3N7/c1-12(2)30-13(3)26-14-11-25-18(10-15(14)30)27-17-7-8-24-19(28-17)29-9-5-4-6-16(29)20(21,22)23/h7-8,10-12,16H,4-6,9H2,1-3H3,(H,24,25,27,28). The van der Waals surface area contributed by atoms with Gasteiger partial charge in [0.25, 0.3) is 0 Å². The van der Waals surface area contributed by atoms with Gasteiger partial charge in [0.15, 0.2) is 0 Å². The van der Waals surface area contributed by atoms with Gasteiger partial charge >= 0.3 is 6.18 Å². The van der Waals surface area contributed by atoms with Crippen molar-refractivity contribution in [2.24, 2.45) is 0 Å². The molecule has 1 fully saturated rings. The molecule has 1 aliphatic heterocycles. The van der Waals surface area contributed by atoms with E-state index in [1.165, 1.54) is 11.1 Å². The Labute approximate surface area is 172 Å². The molecule has 0 radical (unpaired) electrons. The number of nitrogens with one attached hydrogen (secondary N) is 1. The Kier molecular flexibility index (Phi) is 5.25. The zero-order valence-electron chi connectivity index (χ0n) is 17.1. The number of anilines is 3. The van der Waals surface area contributed by atoms with Crippen LogP contribution < -0.4 is 10.2 Å². The van der Waals surface area contributed by atoms with E-state index in [4.69, 9.17) is 0 Å². The maximum Gasteiger partial charge on any atom is 0.408 e. The number of fused-ring (bicyclic) bond motifs is 1. The van der Waals surface area contributed by atoms with Gasteiger partial charge in [0.1, 0.15) is 29.0 Å². The quantitative estimate of drug-likeness (QED) is 0.657. The van der Waals surface area contributed by atoms with Gasteiger partial charge < -0.3 is 14.8 Å². The number of halogens is 3. The topological polar surface area (TPSA) is 71.8 Å². The van der Waals surface area contributed by atoms with Crippen LogP contribution >= 0.6 is 0 Å². The molecule has 0 aliphatic carbocycles. The number of hydrogen-bond donors (Lipinski definition) is 1. The Morgan fingerprint density at radius 1 is 1.13 bits per heavy atom. The van der Waals surface area contributed by atoms with Crippen molar-refractivity contribution < 1.29 is 13.2 Å². The minimum absolute atomic E-state index is 0.0568. The van der Waals surface area contributed by atoms with Crippen LogP contribution in [0.15, 0.2) is 24.5 Å². The van der Waals surface area contributed by atoms with Crippen LogP contribution in [0.3, 0.4) is 0 Å². The highest BCUT2D eigenvalue weighted by Crippen LogP contribution is 2.34. The molecule has 0 amide bonds. The summed E-state index contributed by atoms with van der Waals surface area (Å²) in [6, 6.07) is 2.16. The maximum atomic E-state index is 13.4. The molecular formula is C20H24F3N7. The van der Waals surface area contributed by atoms with Crippen molar-refractivity contribution in [2.45, 2.75) is 58.3 Å². The van der Waals surface area contributed by atoms with Gasteiger partial charge in [0.2, 0.25) is 5.95 Å². The molecule has 3 aromatic rings. The van der Waals surface area contributed by atoms with Crippen LogP contribution in [-0.2, 0) is 0 Å².